The van der Waals surface area contributed by atoms with Crippen molar-refractivity contribution in [3.8, 4) is 0 Å². The quantitative estimate of drug-likeness (QED) is 0.807. The number of fused-ring (bicyclic) bond motifs is 1. The number of nitrogens with zero attached hydrogens (tertiary/aromatic N) is 4. The SMILES string of the molecule is CC(Cn1cccn1)n1c(N)nc2cc(Br)ccc21. The Labute approximate surface area is 119 Å². The van der Waals surface area contributed by atoms with Crippen LogP contribution in [0.25, 0.3) is 11.0 Å². The molecule has 0 bridgehead atoms. The standard InChI is InChI=1S/C13H14BrN5/c1-9(8-18-6-2-5-16-18)19-12-4-3-10(14)7-11(12)17-13(19)15/h2-7,9H,8H2,1H3,(H2,15,17). The van der Waals surface area contributed by atoms with Crippen LogP contribution in [0.5, 0.6) is 0 Å². The number of nitrogens with two attached hydrogens (primary N) is 1. The van der Waals surface area contributed by atoms with Crippen molar-refractivity contribution >= 4 is 32.9 Å². The van der Waals surface area contributed by atoms with Crippen LogP contribution < -0.4 is 5.73 Å². The fraction of sp³-hybridized carbons (Fsp3) is 0.231. The summed E-state index contributed by atoms with van der Waals surface area (Å²) in [6, 6.07) is 8.11. The van der Waals surface area contributed by atoms with Crippen LogP contribution in [0.15, 0.2) is 41.1 Å². The van der Waals surface area contributed by atoms with E-state index in [2.05, 4.69) is 32.9 Å². The maximum atomic E-state index is 6.04. The minimum absolute atomic E-state index is 0.186. The molecular weight excluding hydrogens is 306 g/mol. The molecule has 0 spiro atoms. The monoisotopic (exact) mass is 319 g/mol. The molecule has 0 amide bonds. The highest BCUT2D eigenvalue weighted by Gasteiger charge is 2.14. The summed E-state index contributed by atoms with van der Waals surface area (Å²) >= 11 is 3.45. The molecule has 19 heavy (non-hydrogen) atoms. The molecule has 1 atom stereocenters. The Kier molecular flexibility index (Phi) is 3.02. The second kappa shape index (κ2) is 4.70. The molecule has 1 unspecified atom stereocenters. The van der Waals surface area contributed by atoms with Gasteiger partial charge in [0.2, 0.25) is 5.95 Å². The van der Waals surface area contributed by atoms with Gasteiger partial charge in [0.1, 0.15) is 0 Å². The van der Waals surface area contributed by atoms with Crippen LogP contribution >= 0.6 is 15.9 Å². The predicted octanol–water partition coefficient (Wildman–Crippen LogP) is 2.84. The van der Waals surface area contributed by atoms with Gasteiger partial charge in [-0.25, -0.2) is 4.98 Å². The summed E-state index contributed by atoms with van der Waals surface area (Å²) < 4.78 is 4.95. The van der Waals surface area contributed by atoms with Crippen LogP contribution in [-0.2, 0) is 6.54 Å². The summed E-state index contributed by atoms with van der Waals surface area (Å²) in [5.41, 5.74) is 7.98. The number of rotatable bonds is 3. The summed E-state index contributed by atoms with van der Waals surface area (Å²) in [6.07, 6.45) is 3.72. The van der Waals surface area contributed by atoms with Crippen molar-refractivity contribution in [3.05, 3.63) is 41.1 Å². The smallest absolute Gasteiger partial charge is 0.201 e. The number of aromatic nitrogens is 4. The van der Waals surface area contributed by atoms with Crippen molar-refractivity contribution in [3.63, 3.8) is 0 Å². The molecule has 0 radical (unpaired) electrons. The van der Waals surface area contributed by atoms with Gasteiger partial charge in [-0.3, -0.25) is 4.68 Å². The van der Waals surface area contributed by atoms with E-state index >= 15 is 0 Å². The highest BCUT2D eigenvalue weighted by Crippen LogP contribution is 2.26. The lowest BCUT2D eigenvalue weighted by Gasteiger charge is -2.16. The fourth-order valence-corrected chi connectivity index (χ4v) is 2.66. The van der Waals surface area contributed by atoms with E-state index in [-0.39, 0.29) is 6.04 Å². The Bertz CT molecular complexity index is 701. The Balaban J connectivity index is 2.01. The molecule has 3 aromatic rings. The molecule has 1 aromatic carbocycles. The first-order valence-electron chi connectivity index (χ1n) is 6.05. The lowest BCUT2D eigenvalue weighted by molar-refractivity contribution is 0.449. The first-order valence-corrected chi connectivity index (χ1v) is 6.85. The number of benzene rings is 1. The number of anilines is 1. The number of nitrogen functional groups attached to an aromatic ring is 1. The van der Waals surface area contributed by atoms with E-state index in [0.29, 0.717) is 5.95 Å². The fourth-order valence-electron chi connectivity index (χ4n) is 2.31. The van der Waals surface area contributed by atoms with E-state index in [1.807, 2.05) is 39.7 Å². The molecule has 0 saturated carbocycles. The predicted molar refractivity (Wildman–Crippen MR) is 78.8 cm³/mol. The molecular formula is C13H14BrN5. The van der Waals surface area contributed by atoms with Crippen molar-refractivity contribution < 1.29 is 0 Å². The van der Waals surface area contributed by atoms with Crippen LogP contribution in [0.3, 0.4) is 0 Å². The van der Waals surface area contributed by atoms with Gasteiger partial charge >= 0.3 is 0 Å². The van der Waals surface area contributed by atoms with Crippen molar-refractivity contribution in [1.29, 1.82) is 0 Å². The van der Waals surface area contributed by atoms with Crippen LogP contribution in [-0.4, -0.2) is 19.3 Å². The molecule has 5 nitrogen and oxygen atoms in total. The third-order valence-electron chi connectivity index (χ3n) is 3.13. The first kappa shape index (κ1) is 12.2. The number of hydrogen-bond acceptors (Lipinski definition) is 3. The highest BCUT2D eigenvalue weighted by molar-refractivity contribution is 9.10. The number of halogens is 1. The molecule has 2 aromatic heterocycles. The lowest BCUT2D eigenvalue weighted by atomic mass is 10.2. The molecule has 0 aliphatic carbocycles. The molecule has 98 valence electrons. The maximum absolute atomic E-state index is 6.04. The normalized spacial score (nSPS) is 12.9. The van der Waals surface area contributed by atoms with Crippen LogP contribution in [0.2, 0.25) is 0 Å². The highest BCUT2D eigenvalue weighted by atomic mass is 79.9. The topological polar surface area (TPSA) is 61.7 Å². The van der Waals surface area contributed by atoms with Gasteiger partial charge in [0.05, 0.1) is 23.6 Å². The van der Waals surface area contributed by atoms with E-state index in [1.54, 1.807) is 6.20 Å². The second-order valence-corrected chi connectivity index (χ2v) is 5.47. The summed E-state index contributed by atoms with van der Waals surface area (Å²) in [5.74, 6) is 0.535. The third kappa shape index (κ3) is 2.23. The summed E-state index contributed by atoms with van der Waals surface area (Å²) in [6.45, 7) is 2.87. The van der Waals surface area contributed by atoms with Crippen molar-refractivity contribution in [2.75, 3.05) is 5.73 Å². The average molecular weight is 320 g/mol. The number of hydrogen-bond donors (Lipinski definition) is 1. The van der Waals surface area contributed by atoms with Gasteiger partial charge in [0.15, 0.2) is 0 Å². The van der Waals surface area contributed by atoms with Crippen molar-refractivity contribution in [1.82, 2.24) is 19.3 Å². The molecule has 0 aliphatic heterocycles. The van der Waals surface area contributed by atoms with E-state index < -0.39 is 0 Å². The van der Waals surface area contributed by atoms with Gasteiger partial charge in [0, 0.05) is 16.9 Å². The Morgan fingerprint density at radius 2 is 2.26 bits per heavy atom. The zero-order chi connectivity index (χ0) is 13.4. The molecule has 0 fully saturated rings. The van der Waals surface area contributed by atoms with Gasteiger partial charge in [-0.1, -0.05) is 15.9 Å². The lowest BCUT2D eigenvalue weighted by Crippen LogP contribution is -2.15. The molecule has 0 saturated heterocycles. The third-order valence-corrected chi connectivity index (χ3v) is 3.62. The molecule has 6 heteroatoms. The van der Waals surface area contributed by atoms with E-state index in [1.165, 1.54) is 0 Å². The van der Waals surface area contributed by atoms with E-state index in [4.69, 9.17) is 5.73 Å². The van der Waals surface area contributed by atoms with E-state index in [0.717, 1.165) is 22.1 Å². The van der Waals surface area contributed by atoms with E-state index in [9.17, 15) is 0 Å². The summed E-state index contributed by atoms with van der Waals surface area (Å²) in [4.78, 5) is 4.41. The van der Waals surface area contributed by atoms with Crippen LogP contribution in [0.4, 0.5) is 5.95 Å². The Hall–Kier alpha value is -1.82. The zero-order valence-corrected chi connectivity index (χ0v) is 12.1. The van der Waals surface area contributed by atoms with Gasteiger partial charge in [0.25, 0.3) is 0 Å². The van der Waals surface area contributed by atoms with Crippen molar-refractivity contribution in [2.45, 2.75) is 19.5 Å². The zero-order valence-electron chi connectivity index (χ0n) is 10.5. The van der Waals surface area contributed by atoms with Gasteiger partial charge in [-0.05, 0) is 31.2 Å². The molecule has 0 aliphatic rings. The minimum atomic E-state index is 0.186. The van der Waals surface area contributed by atoms with Crippen LogP contribution in [0, 0.1) is 0 Å². The van der Waals surface area contributed by atoms with Crippen molar-refractivity contribution in [2.24, 2.45) is 0 Å². The minimum Gasteiger partial charge on any atom is -0.369 e. The van der Waals surface area contributed by atoms with Gasteiger partial charge < -0.3 is 10.3 Å². The molecule has 2 heterocycles. The number of imidazole rings is 1. The Morgan fingerprint density at radius 1 is 1.42 bits per heavy atom. The maximum Gasteiger partial charge on any atom is 0.201 e. The molecule has 2 N–H and O–H groups in total. The second-order valence-electron chi connectivity index (χ2n) is 4.55. The summed E-state index contributed by atoms with van der Waals surface area (Å²) in [5, 5.41) is 4.22. The first-order chi connectivity index (χ1) is 9.15. The van der Waals surface area contributed by atoms with Crippen LogP contribution in [0.1, 0.15) is 13.0 Å². The largest absolute Gasteiger partial charge is 0.369 e. The Morgan fingerprint density at radius 3 is 3.00 bits per heavy atom. The average Bonchev–Trinajstić information content (AvgIpc) is 2.95. The van der Waals surface area contributed by atoms with Gasteiger partial charge in [-0.15, -0.1) is 0 Å². The summed E-state index contributed by atoms with van der Waals surface area (Å²) in [7, 11) is 0. The van der Waals surface area contributed by atoms with Gasteiger partial charge in [-0.2, -0.15) is 5.10 Å². The molecule has 3 rings (SSSR count).